The van der Waals surface area contributed by atoms with Gasteiger partial charge in [-0.25, -0.2) is 4.99 Å². The largest absolute Gasteiger partial charge is 0.381 e. The van der Waals surface area contributed by atoms with Gasteiger partial charge in [0.15, 0.2) is 11.8 Å². The number of aromatic nitrogens is 3. The van der Waals surface area contributed by atoms with Crippen molar-refractivity contribution in [1.29, 1.82) is 0 Å². The Hall–Kier alpha value is -1.63. The molecule has 0 amide bonds. The summed E-state index contributed by atoms with van der Waals surface area (Å²) in [5, 5.41) is 12.2. The second-order valence-corrected chi connectivity index (χ2v) is 8.43. The molecule has 3 heterocycles. The minimum absolute atomic E-state index is 0.576. The van der Waals surface area contributed by atoms with Crippen LogP contribution in [0.25, 0.3) is 0 Å². The van der Waals surface area contributed by atoms with E-state index in [2.05, 4.69) is 20.4 Å². The molecular formula is C20H34N6O. The molecule has 0 radical (unpaired) electrons. The molecule has 1 saturated carbocycles. The summed E-state index contributed by atoms with van der Waals surface area (Å²) in [5.74, 6) is 4.54. The smallest absolute Gasteiger partial charge is 0.194 e. The normalized spacial score (nSPS) is 25.5. The fourth-order valence-electron chi connectivity index (χ4n) is 4.78. The summed E-state index contributed by atoms with van der Waals surface area (Å²) >= 11 is 0. The lowest BCUT2D eigenvalue weighted by atomic mass is 9.85. The Bertz CT molecular complexity index is 645. The zero-order valence-electron chi connectivity index (χ0n) is 16.9. The van der Waals surface area contributed by atoms with Gasteiger partial charge in [0.25, 0.3) is 0 Å². The Kier molecular flexibility index (Phi) is 5.95. The van der Waals surface area contributed by atoms with Crippen LogP contribution in [0.4, 0.5) is 0 Å². The number of nitrogens with one attached hydrogen (secondary N) is 1. The van der Waals surface area contributed by atoms with Gasteiger partial charge in [0.1, 0.15) is 12.4 Å². The average molecular weight is 375 g/mol. The molecule has 0 bridgehead atoms. The van der Waals surface area contributed by atoms with Crippen LogP contribution in [0, 0.1) is 18.8 Å². The maximum absolute atomic E-state index is 5.56. The van der Waals surface area contributed by atoms with Crippen LogP contribution in [0.3, 0.4) is 0 Å². The monoisotopic (exact) mass is 374 g/mol. The summed E-state index contributed by atoms with van der Waals surface area (Å²) < 4.78 is 7.59. The first-order valence-corrected chi connectivity index (χ1v) is 10.7. The second kappa shape index (κ2) is 8.59. The maximum Gasteiger partial charge on any atom is 0.194 e. The Morgan fingerprint density at radius 3 is 2.59 bits per heavy atom. The molecule has 0 spiro atoms. The standard InChI is InChI=1S/C20H34N6O/c1-15-23-24-19(25(15)2)13-21-20(22-18-5-3-4-6-18)26-10-7-17(14-26)16-8-11-27-12-9-16/h16-18H,3-14H2,1-2H3,(H,21,22). The highest BCUT2D eigenvalue weighted by Crippen LogP contribution is 2.31. The number of nitrogens with zero attached hydrogens (tertiary/aromatic N) is 5. The molecule has 2 saturated heterocycles. The zero-order chi connectivity index (χ0) is 18.6. The molecule has 7 nitrogen and oxygen atoms in total. The molecule has 3 fully saturated rings. The number of hydrogen-bond donors (Lipinski definition) is 1. The summed E-state index contributed by atoms with van der Waals surface area (Å²) in [6, 6.07) is 0.576. The Balaban J connectivity index is 1.44. The topological polar surface area (TPSA) is 67.6 Å². The van der Waals surface area contributed by atoms with Crippen LogP contribution in [-0.4, -0.2) is 58.0 Å². The van der Waals surface area contributed by atoms with E-state index in [0.29, 0.717) is 12.6 Å². The molecule has 1 aliphatic carbocycles. The van der Waals surface area contributed by atoms with Gasteiger partial charge in [0, 0.05) is 39.4 Å². The number of guanidine groups is 1. The van der Waals surface area contributed by atoms with Crippen LogP contribution in [-0.2, 0) is 18.3 Å². The van der Waals surface area contributed by atoms with Crippen molar-refractivity contribution >= 4 is 5.96 Å². The highest BCUT2D eigenvalue weighted by Gasteiger charge is 2.32. The number of aryl methyl sites for hydroxylation is 1. The third-order valence-corrected chi connectivity index (χ3v) is 6.70. The molecule has 1 aromatic rings. The van der Waals surface area contributed by atoms with Crippen molar-refractivity contribution in [3.05, 3.63) is 11.6 Å². The minimum atomic E-state index is 0.576. The van der Waals surface area contributed by atoms with Gasteiger partial charge in [-0.15, -0.1) is 10.2 Å². The van der Waals surface area contributed by atoms with E-state index in [9.17, 15) is 0 Å². The van der Waals surface area contributed by atoms with Gasteiger partial charge in [-0.3, -0.25) is 0 Å². The van der Waals surface area contributed by atoms with E-state index in [1.165, 1.54) is 44.9 Å². The number of aliphatic imine (C=N–C) groups is 1. The van der Waals surface area contributed by atoms with Crippen molar-refractivity contribution in [1.82, 2.24) is 25.0 Å². The molecule has 150 valence electrons. The Morgan fingerprint density at radius 1 is 1.11 bits per heavy atom. The van der Waals surface area contributed by atoms with Crippen molar-refractivity contribution in [2.24, 2.45) is 23.9 Å². The zero-order valence-corrected chi connectivity index (χ0v) is 16.9. The van der Waals surface area contributed by atoms with Crippen molar-refractivity contribution in [2.75, 3.05) is 26.3 Å². The predicted octanol–water partition coefficient (Wildman–Crippen LogP) is 2.26. The minimum Gasteiger partial charge on any atom is -0.381 e. The summed E-state index contributed by atoms with van der Waals surface area (Å²) in [6.45, 7) is 6.68. The number of ether oxygens (including phenoxy) is 1. The Morgan fingerprint density at radius 2 is 1.89 bits per heavy atom. The number of rotatable bonds is 4. The van der Waals surface area contributed by atoms with Gasteiger partial charge in [-0.05, 0) is 50.9 Å². The highest BCUT2D eigenvalue weighted by molar-refractivity contribution is 5.80. The molecule has 1 N–H and O–H groups in total. The van der Waals surface area contributed by atoms with E-state index in [0.717, 1.165) is 55.7 Å². The first-order valence-electron chi connectivity index (χ1n) is 10.7. The molecule has 1 atom stereocenters. The number of hydrogen-bond acceptors (Lipinski definition) is 4. The van der Waals surface area contributed by atoms with Crippen molar-refractivity contribution in [3.63, 3.8) is 0 Å². The van der Waals surface area contributed by atoms with Crippen LogP contribution in [0.1, 0.15) is 56.6 Å². The first-order chi connectivity index (χ1) is 13.2. The van der Waals surface area contributed by atoms with Gasteiger partial charge in [0.2, 0.25) is 0 Å². The van der Waals surface area contributed by atoms with E-state index < -0.39 is 0 Å². The molecule has 0 aromatic carbocycles. The van der Waals surface area contributed by atoms with E-state index in [1.54, 1.807) is 0 Å². The molecular weight excluding hydrogens is 340 g/mol. The van der Waals surface area contributed by atoms with E-state index in [-0.39, 0.29) is 0 Å². The van der Waals surface area contributed by atoms with E-state index in [4.69, 9.17) is 9.73 Å². The third kappa shape index (κ3) is 4.45. The third-order valence-electron chi connectivity index (χ3n) is 6.70. The lowest BCUT2D eigenvalue weighted by Gasteiger charge is -2.29. The van der Waals surface area contributed by atoms with Gasteiger partial charge in [-0.1, -0.05) is 12.8 Å². The molecule has 7 heteroatoms. The highest BCUT2D eigenvalue weighted by atomic mass is 16.5. The first kappa shape index (κ1) is 18.7. The van der Waals surface area contributed by atoms with E-state index >= 15 is 0 Å². The predicted molar refractivity (Wildman–Crippen MR) is 105 cm³/mol. The quantitative estimate of drug-likeness (QED) is 0.647. The average Bonchev–Trinajstić information content (AvgIpc) is 3.44. The molecule has 2 aliphatic heterocycles. The van der Waals surface area contributed by atoms with Crippen LogP contribution in [0.2, 0.25) is 0 Å². The molecule has 1 unspecified atom stereocenters. The summed E-state index contributed by atoms with van der Waals surface area (Å²) in [7, 11) is 2.02. The summed E-state index contributed by atoms with van der Waals surface area (Å²) in [4.78, 5) is 7.46. The molecule has 27 heavy (non-hydrogen) atoms. The van der Waals surface area contributed by atoms with Crippen LogP contribution >= 0.6 is 0 Å². The molecule has 3 aliphatic rings. The molecule has 4 rings (SSSR count). The van der Waals surface area contributed by atoms with Crippen molar-refractivity contribution in [3.8, 4) is 0 Å². The lowest BCUT2D eigenvalue weighted by molar-refractivity contribution is 0.0488. The van der Waals surface area contributed by atoms with Gasteiger partial charge in [0.05, 0.1) is 0 Å². The summed E-state index contributed by atoms with van der Waals surface area (Å²) in [5.41, 5.74) is 0. The van der Waals surface area contributed by atoms with Gasteiger partial charge < -0.3 is 19.5 Å². The van der Waals surface area contributed by atoms with Crippen LogP contribution in [0.5, 0.6) is 0 Å². The van der Waals surface area contributed by atoms with Crippen molar-refractivity contribution < 1.29 is 4.74 Å². The van der Waals surface area contributed by atoms with Gasteiger partial charge in [-0.2, -0.15) is 0 Å². The van der Waals surface area contributed by atoms with Gasteiger partial charge >= 0.3 is 0 Å². The lowest BCUT2D eigenvalue weighted by Crippen LogP contribution is -2.44. The summed E-state index contributed by atoms with van der Waals surface area (Å²) in [6.07, 6.45) is 8.91. The van der Waals surface area contributed by atoms with E-state index in [1.807, 2.05) is 18.5 Å². The maximum atomic E-state index is 5.56. The SMILES string of the molecule is Cc1nnc(CN=C(NC2CCCC2)N2CCC(C3CCOCC3)C2)n1C. The van der Waals surface area contributed by atoms with Crippen LogP contribution in [0.15, 0.2) is 4.99 Å². The fourth-order valence-corrected chi connectivity index (χ4v) is 4.78. The molecule has 1 aromatic heterocycles. The van der Waals surface area contributed by atoms with Crippen LogP contribution < -0.4 is 5.32 Å². The number of likely N-dealkylation sites (tertiary alicyclic amines) is 1. The second-order valence-electron chi connectivity index (χ2n) is 8.43. The fraction of sp³-hybridized carbons (Fsp3) is 0.850. The Labute approximate surface area is 162 Å². The van der Waals surface area contributed by atoms with Crippen molar-refractivity contribution in [2.45, 2.75) is 64.5 Å².